The number of ether oxygens (including phenoxy) is 1. The van der Waals surface area contributed by atoms with Gasteiger partial charge in [-0.2, -0.15) is 0 Å². The predicted octanol–water partition coefficient (Wildman–Crippen LogP) is 2.49. The number of nitrogens with one attached hydrogen (secondary N) is 1. The minimum absolute atomic E-state index is 0.323. The molecule has 0 spiro atoms. The number of nitrogen functional groups attached to an aromatic ring is 1. The van der Waals surface area contributed by atoms with Crippen LogP contribution >= 0.6 is 0 Å². The molecule has 1 aromatic carbocycles. The van der Waals surface area contributed by atoms with Gasteiger partial charge in [0.15, 0.2) is 0 Å². The summed E-state index contributed by atoms with van der Waals surface area (Å²) in [6.07, 6.45) is 1.60. The minimum Gasteiger partial charge on any atom is -0.495 e. The van der Waals surface area contributed by atoms with Crippen LogP contribution in [0.1, 0.15) is 26.7 Å². The molecule has 0 aliphatic carbocycles. The van der Waals surface area contributed by atoms with Crippen molar-refractivity contribution in [1.82, 2.24) is 0 Å². The number of para-hydroxylation sites is 1. The molecule has 4 nitrogen and oxygen atoms in total. The highest BCUT2D eigenvalue weighted by Crippen LogP contribution is 2.29. The zero-order valence-electron chi connectivity index (χ0n) is 11.4. The second kappa shape index (κ2) is 7.11. The molecule has 0 heterocycles. The Balaban J connectivity index is 2.63. The quantitative estimate of drug-likeness (QED) is 0.652. The van der Waals surface area contributed by atoms with Crippen molar-refractivity contribution in [2.45, 2.75) is 32.8 Å². The average molecular weight is 252 g/mol. The maximum absolute atomic E-state index is 10.1. The van der Waals surface area contributed by atoms with E-state index >= 15 is 0 Å². The van der Waals surface area contributed by atoms with E-state index in [-0.39, 0.29) is 6.10 Å². The third kappa shape index (κ3) is 3.53. The van der Waals surface area contributed by atoms with E-state index in [0.717, 1.165) is 18.5 Å². The second-order valence-corrected chi connectivity index (χ2v) is 4.45. The van der Waals surface area contributed by atoms with Gasteiger partial charge in [0, 0.05) is 6.54 Å². The molecule has 0 saturated heterocycles. The minimum atomic E-state index is -0.356. The van der Waals surface area contributed by atoms with Crippen molar-refractivity contribution in [1.29, 1.82) is 0 Å². The van der Waals surface area contributed by atoms with E-state index in [1.54, 1.807) is 7.11 Å². The van der Waals surface area contributed by atoms with Gasteiger partial charge in [-0.1, -0.05) is 32.8 Å². The lowest BCUT2D eigenvalue weighted by molar-refractivity contribution is 0.114. The van der Waals surface area contributed by atoms with Gasteiger partial charge in [0.1, 0.15) is 5.75 Å². The number of anilines is 2. The SMILES string of the molecule is CCC(CC)C(O)CNc1cccc(OC)c1N. The van der Waals surface area contributed by atoms with E-state index in [9.17, 15) is 5.11 Å². The Bertz CT molecular complexity index is 365. The van der Waals surface area contributed by atoms with Crippen LogP contribution in [0.4, 0.5) is 11.4 Å². The van der Waals surface area contributed by atoms with Crippen LogP contribution in [-0.4, -0.2) is 24.9 Å². The highest BCUT2D eigenvalue weighted by molar-refractivity contribution is 5.72. The van der Waals surface area contributed by atoms with E-state index in [0.29, 0.717) is 23.9 Å². The molecule has 0 saturated carbocycles. The molecule has 0 amide bonds. The molecular weight excluding hydrogens is 228 g/mol. The van der Waals surface area contributed by atoms with Gasteiger partial charge in [-0.3, -0.25) is 0 Å². The van der Waals surface area contributed by atoms with E-state index < -0.39 is 0 Å². The van der Waals surface area contributed by atoms with Gasteiger partial charge in [-0.25, -0.2) is 0 Å². The molecule has 0 aliphatic rings. The maximum atomic E-state index is 10.1. The summed E-state index contributed by atoms with van der Waals surface area (Å²) in [5.74, 6) is 0.973. The maximum Gasteiger partial charge on any atom is 0.143 e. The number of aliphatic hydroxyl groups is 1. The van der Waals surface area contributed by atoms with Crippen molar-refractivity contribution in [3.63, 3.8) is 0 Å². The first-order valence-corrected chi connectivity index (χ1v) is 6.48. The lowest BCUT2D eigenvalue weighted by Crippen LogP contribution is -2.27. The van der Waals surface area contributed by atoms with Gasteiger partial charge < -0.3 is 20.9 Å². The molecule has 102 valence electrons. The first-order valence-electron chi connectivity index (χ1n) is 6.48. The normalized spacial score (nSPS) is 12.5. The second-order valence-electron chi connectivity index (χ2n) is 4.45. The van der Waals surface area contributed by atoms with Crippen molar-refractivity contribution in [3.8, 4) is 5.75 Å². The largest absolute Gasteiger partial charge is 0.495 e. The Morgan fingerprint density at radius 2 is 2.00 bits per heavy atom. The van der Waals surface area contributed by atoms with Gasteiger partial charge in [0.25, 0.3) is 0 Å². The number of methoxy groups -OCH3 is 1. The Kier molecular flexibility index (Phi) is 5.78. The fourth-order valence-electron chi connectivity index (χ4n) is 2.09. The molecule has 0 aliphatic heterocycles. The smallest absolute Gasteiger partial charge is 0.143 e. The Morgan fingerprint density at radius 3 is 2.56 bits per heavy atom. The van der Waals surface area contributed by atoms with E-state index in [2.05, 4.69) is 19.2 Å². The van der Waals surface area contributed by atoms with Gasteiger partial charge in [0.05, 0.1) is 24.6 Å². The van der Waals surface area contributed by atoms with Crippen molar-refractivity contribution in [2.24, 2.45) is 5.92 Å². The molecular formula is C14H24N2O2. The summed E-state index contributed by atoms with van der Waals surface area (Å²) >= 11 is 0. The van der Waals surface area contributed by atoms with Gasteiger partial charge in [-0.15, -0.1) is 0 Å². The van der Waals surface area contributed by atoms with Crippen LogP contribution in [0.5, 0.6) is 5.75 Å². The molecule has 0 bridgehead atoms. The molecule has 1 rings (SSSR count). The number of hydrogen-bond acceptors (Lipinski definition) is 4. The third-order valence-corrected chi connectivity index (χ3v) is 3.38. The lowest BCUT2D eigenvalue weighted by Gasteiger charge is -2.21. The van der Waals surface area contributed by atoms with Crippen LogP contribution < -0.4 is 15.8 Å². The highest BCUT2D eigenvalue weighted by Gasteiger charge is 2.15. The predicted molar refractivity (Wildman–Crippen MR) is 76.0 cm³/mol. The molecule has 0 radical (unpaired) electrons. The zero-order chi connectivity index (χ0) is 13.5. The van der Waals surface area contributed by atoms with Gasteiger partial charge in [-0.05, 0) is 18.1 Å². The summed E-state index contributed by atoms with van der Waals surface area (Å²) in [6, 6.07) is 5.58. The summed E-state index contributed by atoms with van der Waals surface area (Å²) in [4.78, 5) is 0. The van der Waals surface area contributed by atoms with E-state index in [1.165, 1.54) is 0 Å². The number of hydrogen-bond donors (Lipinski definition) is 3. The fourth-order valence-corrected chi connectivity index (χ4v) is 2.09. The summed E-state index contributed by atoms with van der Waals surface area (Å²) in [6.45, 7) is 4.69. The number of benzene rings is 1. The number of nitrogens with two attached hydrogens (primary N) is 1. The summed E-state index contributed by atoms with van der Waals surface area (Å²) < 4.78 is 5.15. The lowest BCUT2D eigenvalue weighted by atomic mass is 9.96. The van der Waals surface area contributed by atoms with Crippen LogP contribution in [-0.2, 0) is 0 Å². The molecule has 0 aromatic heterocycles. The van der Waals surface area contributed by atoms with Crippen molar-refractivity contribution in [3.05, 3.63) is 18.2 Å². The number of aliphatic hydroxyl groups excluding tert-OH is 1. The van der Waals surface area contributed by atoms with Crippen LogP contribution in [0, 0.1) is 5.92 Å². The molecule has 18 heavy (non-hydrogen) atoms. The topological polar surface area (TPSA) is 67.5 Å². The Hall–Kier alpha value is -1.42. The first-order chi connectivity index (χ1) is 8.63. The van der Waals surface area contributed by atoms with E-state index in [1.807, 2.05) is 18.2 Å². The summed E-state index contributed by atoms with van der Waals surface area (Å²) in [5, 5.41) is 13.2. The fraction of sp³-hybridized carbons (Fsp3) is 0.571. The van der Waals surface area contributed by atoms with Crippen LogP contribution in [0.3, 0.4) is 0 Å². The van der Waals surface area contributed by atoms with Crippen LogP contribution in [0.2, 0.25) is 0 Å². The van der Waals surface area contributed by atoms with Crippen LogP contribution in [0.25, 0.3) is 0 Å². The number of rotatable bonds is 7. The molecule has 1 atom stereocenters. The summed E-state index contributed by atoms with van der Waals surface area (Å²) in [5.41, 5.74) is 7.34. The molecule has 1 unspecified atom stereocenters. The average Bonchev–Trinajstić information content (AvgIpc) is 2.39. The summed E-state index contributed by atoms with van der Waals surface area (Å²) in [7, 11) is 1.59. The van der Waals surface area contributed by atoms with Crippen LogP contribution in [0.15, 0.2) is 18.2 Å². The highest BCUT2D eigenvalue weighted by atomic mass is 16.5. The zero-order valence-corrected chi connectivity index (χ0v) is 11.4. The first kappa shape index (κ1) is 14.6. The standard InChI is InChI=1S/C14H24N2O2/c1-4-10(5-2)12(17)9-16-11-7-6-8-13(18-3)14(11)15/h6-8,10,12,16-17H,4-5,9,15H2,1-3H3. The van der Waals surface area contributed by atoms with Gasteiger partial charge in [0.2, 0.25) is 0 Å². The Labute approximate surface area is 109 Å². The monoisotopic (exact) mass is 252 g/mol. The Morgan fingerprint density at radius 1 is 1.33 bits per heavy atom. The van der Waals surface area contributed by atoms with Crippen molar-refractivity contribution in [2.75, 3.05) is 24.7 Å². The van der Waals surface area contributed by atoms with E-state index in [4.69, 9.17) is 10.5 Å². The molecule has 1 aromatic rings. The third-order valence-electron chi connectivity index (χ3n) is 3.38. The van der Waals surface area contributed by atoms with Crippen molar-refractivity contribution >= 4 is 11.4 Å². The van der Waals surface area contributed by atoms with Gasteiger partial charge >= 0.3 is 0 Å². The molecule has 4 N–H and O–H groups in total. The molecule has 4 heteroatoms. The van der Waals surface area contributed by atoms with Crippen molar-refractivity contribution < 1.29 is 9.84 Å². The molecule has 0 fully saturated rings.